The van der Waals surface area contributed by atoms with Gasteiger partial charge in [-0.15, -0.1) is 0 Å². The molecule has 0 rings (SSSR count). The molecule has 0 aliphatic rings. The number of hydrogen-bond donors (Lipinski definition) is 2. The summed E-state index contributed by atoms with van der Waals surface area (Å²) >= 11 is 0. The van der Waals surface area contributed by atoms with Gasteiger partial charge >= 0.3 is 18.3 Å². The van der Waals surface area contributed by atoms with Crippen LogP contribution in [-0.4, -0.2) is 35.1 Å². The second-order valence-corrected chi connectivity index (χ2v) is 1.66. The molecule has 0 bridgehead atoms. The second-order valence-electron chi connectivity index (χ2n) is 1.66. The van der Waals surface area contributed by atoms with E-state index in [9.17, 15) is 22.4 Å². The lowest BCUT2D eigenvalue weighted by atomic mass is 10.7. The monoisotopic (exact) mass is 250 g/mol. The van der Waals surface area contributed by atoms with Gasteiger partial charge in [-0.05, 0) is 6.92 Å². The molecular weight excluding hydrogens is 240 g/mol. The summed E-state index contributed by atoms with van der Waals surface area (Å²) in [5.41, 5.74) is 0. The van der Waals surface area contributed by atoms with Crippen molar-refractivity contribution in [2.75, 3.05) is 6.61 Å². The predicted octanol–water partition coefficient (Wildman–Crippen LogP) is 2.43. The van der Waals surface area contributed by atoms with Crippen LogP contribution in [0.1, 0.15) is 6.92 Å². The summed E-state index contributed by atoms with van der Waals surface area (Å²) < 4.78 is 47.2. The van der Waals surface area contributed by atoms with Gasteiger partial charge in [0.25, 0.3) is 0 Å². The van der Waals surface area contributed by atoms with Crippen molar-refractivity contribution in [3.63, 3.8) is 0 Å². The maximum absolute atomic E-state index is 11.2. The zero-order valence-electron chi connectivity index (χ0n) is 8.12. The Balaban J connectivity index is -0.000000201. The largest absolute Gasteiger partial charge is 0.503 e. The van der Waals surface area contributed by atoms with Crippen molar-refractivity contribution in [2.45, 2.75) is 13.1 Å². The minimum Gasteiger partial charge on any atom is -0.459 e. The van der Waals surface area contributed by atoms with E-state index in [2.05, 4.69) is 11.3 Å². The lowest BCUT2D eigenvalue weighted by Gasteiger charge is -2.02. The van der Waals surface area contributed by atoms with Gasteiger partial charge in [0.2, 0.25) is 0 Å². The van der Waals surface area contributed by atoms with Crippen LogP contribution in [-0.2, 0) is 9.53 Å². The summed E-state index contributed by atoms with van der Waals surface area (Å²) in [7, 11) is 0. The van der Waals surface area contributed by atoms with Gasteiger partial charge in [-0.2, -0.15) is 13.2 Å². The second kappa shape index (κ2) is 11.3. The molecule has 96 valence electrons. The zero-order chi connectivity index (χ0) is 13.8. The molecule has 0 aliphatic carbocycles. The highest BCUT2D eigenvalue weighted by Crippen LogP contribution is 2.15. The Kier molecular flexibility index (Phi) is 13.9. The summed E-state index contributed by atoms with van der Waals surface area (Å²) in [5, 5.41) is 13.9. The van der Waals surface area contributed by atoms with E-state index in [0.717, 1.165) is 0 Å². The highest BCUT2D eigenvalue weighted by atomic mass is 19.4. The molecule has 5 nitrogen and oxygen atoms in total. The number of carbonyl (C=O) groups excluding carboxylic acids is 1. The highest BCUT2D eigenvalue weighted by molar-refractivity contribution is 5.75. The molecule has 0 saturated carbocycles. The van der Waals surface area contributed by atoms with Crippen LogP contribution < -0.4 is 0 Å². The standard InChI is InChI=1S/C4H5F3O2.C2H3F.CH2O3/c1-2-9-3(8)4(5,6)7;1-2-3;2-1(3)4/h2H2,1H3;2H,1H2;(H2,2,3,4). The molecule has 16 heavy (non-hydrogen) atoms. The van der Waals surface area contributed by atoms with E-state index < -0.39 is 18.3 Å². The number of alkyl halides is 3. The van der Waals surface area contributed by atoms with E-state index in [0.29, 0.717) is 0 Å². The molecule has 0 heterocycles. The third-order valence-corrected chi connectivity index (χ3v) is 0.507. The van der Waals surface area contributed by atoms with E-state index in [4.69, 9.17) is 15.0 Å². The maximum Gasteiger partial charge on any atom is 0.503 e. The van der Waals surface area contributed by atoms with Crippen molar-refractivity contribution in [1.29, 1.82) is 0 Å². The van der Waals surface area contributed by atoms with Crippen molar-refractivity contribution in [2.24, 2.45) is 0 Å². The molecule has 0 aromatic heterocycles. The summed E-state index contributed by atoms with van der Waals surface area (Å²) in [5.74, 6) is -2.13. The Morgan fingerprint density at radius 1 is 1.38 bits per heavy atom. The summed E-state index contributed by atoms with van der Waals surface area (Å²) in [4.78, 5) is 18.3. The average Bonchev–Trinajstić information content (AvgIpc) is 2.03. The van der Waals surface area contributed by atoms with Crippen LogP contribution in [0, 0.1) is 0 Å². The van der Waals surface area contributed by atoms with Gasteiger partial charge in [-0.1, -0.05) is 6.58 Å². The Hall–Kier alpha value is -1.80. The van der Waals surface area contributed by atoms with Crippen LogP contribution in [0.15, 0.2) is 12.9 Å². The van der Waals surface area contributed by atoms with Crippen LogP contribution >= 0.6 is 0 Å². The van der Waals surface area contributed by atoms with Crippen molar-refractivity contribution >= 4 is 12.1 Å². The maximum atomic E-state index is 11.2. The van der Waals surface area contributed by atoms with Gasteiger partial charge < -0.3 is 14.9 Å². The van der Waals surface area contributed by atoms with Crippen molar-refractivity contribution in [3.05, 3.63) is 12.9 Å². The lowest BCUT2D eigenvalue weighted by Crippen LogP contribution is -2.25. The molecule has 0 aliphatic heterocycles. The molecule has 0 amide bonds. The Morgan fingerprint density at radius 3 is 1.69 bits per heavy atom. The van der Waals surface area contributed by atoms with Crippen molar-refractivity contribution < 1.29 is 42.1 Å². The van der Waals surface area contributed by atoms with Gasteiger partial charge in [0, 0.05) is 0 Å². The summed E-state index contributed by atoms with van der Waals surface area (Å²) in [6.45, 7) is 3.75. The first kappa shape index (κ1) is 19.7. The number of carbonyl (C=O) groups is 2. The smallest absolute Gasteiger partial charge is 0.459 e. The molecule has 0 saturated heterocycles. The number of hydrogen-bond acceptors (Lipinski definition) is 3. The summed E-state index contributed by atoms with van der Waals surface area (Å²) in [6.07, 6.45) is -6.43. The zero-order valence-corrected chi connectivity index (χ0v) is 8.12. The first-order chi connectivity index (χ1) is 7.13. The average molecular weight is 250 g/mol. The van der Waals surface area contributed by atoms with Crippen LogP contribution in [0.5, 0.6) is 0 Å². The molecule has 0 fully saturated rings. The number of ether oxygens (including phenoxy) is 1. The minimum atomic E-state index is -4.85. The Morgan fingerprint density at radius 2 is 1.62 bits per heavy atom. The molecule has 0 unspecified atom stereocenters. The number of esters is 1. The first-order valence-corrected chi connectivity index (χ1v) is 3.50. The summed E-state index contributed by atoms with van der Waals surface area (Å²) in [6, 6.07) is 0. The fourth-order valence-electron chi connectivity index (χ4n) is 0.213. The lowest BCUT2D eigenvalue weighted by molar-refractivity contribution is -0.199. The molecule has 0 radical (unpaired) electrons. The quantitative estimate of drug-likeness (QED) is 0.551. The molecule has 0 spiro atoms. The van der Waals surface area contributed by atoms with E-state index >= 15 is 0 Å². The predicted molar refractivity (Wildman–Crippen MR) is 44.6 cm³/mol. The number of halogens is 4. The van der Waals surface area contributed by atoms with Crippen molar-refractivity contribution in [3.8, 4) is 0 Å². The highest BCUT2D eigenvalue weighted by Gasteiger charge is 2.40. The van der Waals surface area contributed by atoms with Gasteiger partial charge in [0.1, 0.15) is 0 Å². The Labute approximate surface area is 87.9 Å². The molecule has 9 heteroatoms. The third kappa shape index (κ3) is 29.5. The fourth-order valence-corrected chi connectivity index (χ4v) is 0.213. The van der Waals surface area contributed by atoms with Crippen LogP contribution in [0.25, 0.3) is 0 Å². The van der Waals surface area contributed by atoms with Crippen LogP contribution in [0.3, 0.4) is 0 Å². The first-order valence-electron chi connectivity index (χ1n) is 3.50. The van der Waals surface area contributed by atoms with Crippen LogP contribution in [0.2, 0.25) is 0 Å². The number of rotatable bonds is 1. The van der Waals surface area contributed by atoms with Gasteiger partial charge in [-0.3, -0.25) is 0 Å². The normalized spacial score (nSPS) is 8.56. The third-order valence-electron chi connectivity index (χ3n) is 0.507. The topological polar surface area (TPSA) is 83.8 Å². The molecule has 0 aromatic rings. The fraction of sp³-hybridized carbons (Fsp3) is 0.429. The van der Waals surface area contributed by atoms with Gasteiger partial charge in [0.15, 0.2) is 0 Å². The van der Waals surface area contributed by atoms with Gasteiger partial charge in [-0.25, -0.2) is 14.0 Å². The van der Waals surface area contributed by atoms with E-state index in [-0.39, 0.29) is 12.9 Å². The SMILES string of the molecule is C=CF.CCOC(=O)C(F)(F)F.O=C(O)O. The van der Waals surface area contributed by atoms with E-state index in [1.54, 1.807) is 0 Å². The van der Waals surface area contributed by atoms with Gasteiger partial charge in [0.05, 0.1) is 12.9 Å². The van der Waals surface area contributed by atoms with Crippen molar-refractivity contribution in [1.82, 2.24) is 0 Å². The number of carboxylic acid groups (broad SMARTS) is 2. The molecular formula is C7H10F4O5. The molecule has 2 N–H and O–H groups in total. The van der Waals surface area contributed by atoms with E-state index in [1.165, 1.54) is 6.92 Å². The van der Waals surface area contributed by atoms with Crippen LogP contribution in [0.4, 0.5) is 22.4 Å². The molecule has 0 atom stereocenters. The Bertz CT molecular complexity index is 209. The molecule has 0 aromatic carbocycles. The minimum absolute atomic E-state index is 0.250. The van der Waals surface area contributed by atoms with E-state index in [1.807, 2.05) is 0 Å².